The quantitative estimate of drug-likeness (QED) is 0.536. The molecule has 0 aliphatic heterocycles. The lowest BCUT2D eigenvalue weighted by atomic mass is 10.0. The van der Waals surface area contributed by atoms with Crippen LogP contribution in [0.2, 0.25) is 0 Å². The van der Waals surface area contributed by atoms with Crippen LogP contribution < -0.4 is 5.32 Å². The van der Waals surface area contributed by atoms with Crippen molar-refractivity contribution in [3.05, 3.63) is 0 Å². The van der Waals surface area contributed by atoms with Crippen LogP contribution in [0.5, 0.6) is 0 Å². The highest BCUT2D eigenvalue weighted by Crippen LogP contribution is 2.04. The van der Waals surface area contributed by atoms with Gasteiger partial charge in [0.2, 0.25) is 5.91 Å². The Hall–Kier alpha value is -1.59. The van der Waals surface area contributed by atoms with E-state index in [4.69, 9.17) is 0 Å². The van der Waals surface area contributed by atoms with E-state index in [0.29, 0.717) is 0 Å². The molecule has 0 bridgehead atoms. The monoisotopic (exact) mass is 245 g/mol. The fourth-order valence-corrected chi connectivity index (χ4v) is 1.19. The third-order valence-electron chi connectivity index (χ3n) is 2.05. The number of carbonyl (C=O) groups excluding carboxylic acids is 3. The molecule has 6 heteroatoms. The first-order valence-electron chi connectivity index (χ1n) is 5.45. The molecule has 0 heterocycles. The van der Waals surface area contributed by atoms with Crippen molar-refractivity contribution in [2.45, 2.75) is 33.2 Å². The van der Waals surface area contributed by atoms with Gasteiger partial charge in [-0.3, -0.25) is 9.59 Å². The maximum absolute atomic E-state index is 11.4. The van der Waals surface area contributed by atoms with E-state index in [1.807, 2.05) is 0 Å². The molecule has 0 saturated carbocycles. The molecule has 6 nitrogen and oxygen atoms in total. The number of rotatable bonds is 6. The topological polar surface area (TPSA) is 81.7 Å². The zero-order valence-electron chi connectivity index (χ0n) is 10.6. The second-order valence-electron chi connectivity index (χ2n) is 3.79. The van der Waals surface area contributed by atoms with Gasteiger partial charge in [0.1, 0.15) is 12.5 Å². The predicted octanol–water partition coefficient (Wildman–Crippen LogP) is 0.253. The predicted molar refractivity (Wildman–Crippen MR) is 60.0 cm³/mol. The summed E-state index contributed by atoms with van der Waals surface area (Å²) >= 11 is 0. The summed E-state index contributed by atoms with van der Waals surface area (Å²) in [7, 11) is 1.25. The number of ether oxygens (including phenoxy) is 2. The van der Waals surface area contributed by atoms with Crippen LogP contribution in [0.1, 0.15) is 27.2 Å². The molecule has 0 radical (unpaired) electrons. The number of amides is 1. The van der Waals surface area contributed by atoms with Crippen LogP contribution in [-0.2, 0) is 23.9 Å². The second-order valence-corrected chi connectivity index (χ2v) is 3.79. The summed E-state index contributed by atoms with van der Waals surface area (Å²) < 4.78 is 9.18. The van der Waals surface area contributed by atoms with E-state index >= 15 is 0 Å². The van der Waals surface area contributed by atoms with Gasteiger partial charge in [0.25, 0.3) is 0 Å². The normalized spacial score (nSPS) is 11.8. The van der Waals surface area contributed by atoms with E-state index in [-0.39, 0.29) is 12.5 Å². The molecule has 0 saturated heterocycles. The first kappa shape index (κ1) is 15.4. The number of esters is 2. The summed E-state index contributed by atoms with van der Waals surface area (Å²) in [5.74, 6) is -1.81. The maximum atomic E-state index is 11.4. The van der Waals surface area contributed by atoms with Crippen molar-refractivity contribution in [2.24, 2.45) is 5.92 Å². The fraction of sp³-hybridized carbons (Fsp3) is 0.727. The van der Waals surface area contributed by atoms with Gasteiger partial charge in [0.05, 0.1) is 13.7 Å². The van der Waals surface area contributed by atoms with Crippen molar-refractivity contribution in [2.75, 3.05) is 13.7 Å². The van der Waals surface area contributed by atoms with Gasteiger partial charge in [0.15, 0.2) is 0 Å². The Labute approximate surface area is 101 Å². The molecule has 1 amide bonds. The van der Waals surface area contributed by atoms with Crippen LogP contribution in [-0.4, -0.2) is 37.6 Å². The van der Waals surface area contributed by atoms with Crippen molar-refractivity contribution in [1.82, 2.24) is 5.32 Å². The average Bonchev–Trinajstić information content (AvgIpc) is 2.24. The summed E-state index contributed by atoms with van der Waals surface area (Å²) in [6, 6.07) is -0.748. The Morgan fingerprint density at radius 1 is 1.24 bits per heavy atom. The number of methoxy groups -OCH3 is 1. The molecule has 0 aromatic heterocycles. The maximum Gasteiger partial charge on any atom is 0.328 e. The molecular formula is C11H19NO5. The highest BCUT2D eigenvalue weighted by atomic mass is 16.5. The standard InChI is InChI=1S/C11H19NO5/c1-5-17-9(14)6-8(13)12-10(7(2)3)11(15)16-4/h7,10H,5-6H2,1-4H3,(H,12,13)/t10-/m0/s1. The fourth-order valence-electron chi connectivity index (χ4n) is 1.19. The van der Waals surface area contributed by atoms with E-state index in [1.165, 1.54) is 7.11 Å². The first-order chi connectivity index (χ1) is 7.92. The van der Waals surface area contributed by atoms with Crippen molar-refractivity contribution in [1.29, 1.82) is 0 Å². The lowest BCUT2D eigenvalue weighted by molar-refractivity contribution is -0.150. The molecule has 1 atom stereocenters. The highest BCUT2D eigenvalue weighted by molar-refractivity contribution is 5.96. The second kappa shape index (κ2) is 7.65. The van der Waals surface area contributed by atoms with Gasteiger partial charge in [-0.1, -0.05) is 13.8 Å². The van der Waals surface area contributed by atoms with E-state index in [9.17, 15) is 14.4 Å². The molecule has 0 spiro atoms. The zero-order chi connectivity index (χ0) is 13.4. The molecule has 0 unspecified atom stereocenters. The van der Waals surface area contributed by atoms with Gasteiger partial charge >= 0.3 is 11.9 Å². The number of carbonyl (C=O) groups is 3. The molecule has 1 N–H and O–H groups in total. The first-order valence-corrected chi connectivity index (χ1v) is 5.45. The molecule has 0 fully saturated rings. The Morgan fingerprint density at radius 2 is 1.82 bits per heavy atom. The highest BCUT2D eigenvalue weighted by Gasteiger charge is 2.25. The van der Waals surface area contributed by atoms with Crippen LogP contribution in [0, 0.1) is 5.92 Å². The van der Waals surface area contributed by atoms with Gasteiger partial charge in [-0.15, -0.1) is 0 Å². The minimum atomic E-state index is -0.748. The van der Waals surface area contributed by atoms with Crippen LogP contribution in [0.25, 0.3) is 0 Å². The van der Waals surface area contributed by atoms with E-state index in [0.717, 1.165) is 0 Å². The van der Waals surface area contributed by atoms with Crippen molar-refractivity contribution in [3.8, 4) is 0 Å². The Morgan fingerprint density at radius 3 is 2.24 bits per heavy atom. The molecule has 0 aliphatic carbocycles. The van der Waals surface area contributed by atoms with Crippen molar-refractivity contribution >= 4 is 17.8 Å². The molecule has 98 valence electrons. The molecule has 0 aromatic carbocycles. The van der Waals surface area contributed by atoms with Gasteiger partial charge in [-0.2, -0.15) is 0 Å². The summed E-state index contributed by atoms with van der Waals surface area (Å²) in [6.45, 7) is 5.41. The molecular weight excluding hydrogens is 226 g/mol. The summed E-state index contributed by atoms with van der Waals surface area (Å²) in [5, 5.41) is 2.44. The van der Waals surface area contributed by atoms with E-state index in [2.05, 4.69) is 14.8 Å². The molecule has 0 aliphatic rings. The van der Waals surface area contributed by atoms with Gasteiger partial charge < -0.3 is 14.8 Å². The van der Waals surface area contributed by atoms with Gasteiger partial charge in [0, 0.05) is 0 Å². The summed E-state index contributed by atoms with van der Waals surface area (Å²) in [5.41, 5.74) is 0. The average molecular weight is 245 g/mol. The van der Waals surface area contributed by atoms with Crippen LogP contribution >= 0.6 is 0 Å². The smallest absolute Gasteiger partial charge is 0.328 e. The largest absolute Gasteiger partial charge is 0.467 e. The van der Waals surface area contributed by atoms with Crippen LogP contribution in [0.15, 0.2) is 0 Å². The molecule has 17 heavy (non-hydrogen) atoms. The minimum absolute atomic E-state index is 0.117. The number of hydrogen-bond donors (Lipinski definition) is 1. The Balaban J connectivity index is 4.32. The van der Waals surface area contributed by atoms with Crippen LogP contribution in [0.4, 0.5) is 0 Å². The van der Waals surface area contributed by atoms with Gasteiger partial charge in [-0.25, -0.2) is 4.79 Å². The van der Waals surface area contributed by atoms with Crippen LogP contribution in [0.3, 0.4) is 0 Å². The molecule has 0 rings (SSSR count). The summed E-state index contributed by atoms with van der Waals surface area (Å²) in [4.78, 5) is 33.8. The third-order valence-corrected chi connectivity index (χ3v) is 2.05. The van der Waals surface area contributed by atoms with Crippen molar-refractivity contribution in [3.63, 3.8) is 0 Å². The molecule has 0 aromatic rings. The van der Waals surface area contributed by atoms with E-state index < -0.39 is 30.3 Å². The number of hydrogen-bond acceptors (Lipinski definition) is 5. The third kappa shape index (κ3) is 5.89. The van der Waals surface area contributed by atoms with Crippen molar-refractivity contribution < 1.29 is 23.9 Å². The summed E-state index contributed by atoms with van der Waals surface area (Å²) in [6.07, 6.45) is -0.395. The lowest BCUT2D eigenvalue weighted by Crippen LogP contribution is -2.45. The number of nitrogens with one attached hydrogen (secondary N) is 1. The zero-order valence-corrected chi connectivity index (χ0v) is 10.6. The Bertz CT molecular complexity index is 288. The Kier molecular flexibility index (Phi) is 6.93. The van der Waals surface area contributed by atoms with Gasteiger partial charge in [-0.05, 0) is 12.8 Å². The van der Waals surface area contributed by atoms with E-state index in [1.54, 1.807) is 20.8 Å². The SMILES string of the molecule is CCOC(=O)CC(=O)N[C@H](C(=O)OC)C(C)C. The minimum Gasteiger partial charge on any atom is -0.467 e. The lowest BCUT2D eigenvalue weighted by Gasteiger charge is -2.19.